The van der Waals surface area contributed by atoms with Crippen molar-refractivity contribution in [2.24, 2.45) is 0 Å². The molecule has 3 rings (SSSR count). The lowest BCUT2D eigenvalue weighted by atomic mass is 10.3. The van der Waals surface area contributed by atoms with Gasteiger partial charge in [0.15, 0.2) is 6.39 Å². The minimum Gasteiger partial charge on any atom is -0.473 e. The van der Waals surface area contributed by atoms with Crippen LogP contribution in [0.3, 0.4) is 0 Å². The highest BCUT2D eigenvalue weighted by atomic mass is 19.1. The number of hydrogen-bond donors (Lipinski definition) is 0. The molecule has 20 heavy (non-hydrogen) atoms. The van der Waals surface area contributed by atoms with Crippen molar-refractivity contribution in [3.05, 3.63) is 42.0 Å². The molecule has 1 aliphatic heterocycles. The maximum absolute atomic E-state index is 13.0. The predicted molar refractivity (Wildman–Crippen MR) is 69.7 cm³/mol. The predicted octanol–water partition coefficient (Wildman–Crippen LogP) is 2.17. The van der Waals surface area contributed by atoms with Crippen molar-refractivity contribution in [3.8, 4) is 5.88 Å². The number of aryl methyl sites for hydroxylation is 1. The lowest BCUT2D eigenvalue weighted by molar-refractivity contribution is 0.188. The number of hydrogen-bond acceptors (Lipinski definition) is 5. The summed E-state index contributed by atoms with van der Waals surface area (Å²) in [6.07, 6.45) is 2.40. The van der Waals surface area contributed by atoms with Crippen LogP contribution in [0.25, 0.3) is 0 Å². The molecule has 0 amide bonds. The lowest BCUT2D eigenvalue weighted by Crippen LogP contribution is -2.25. The Kier molecular flexibility index (Phi) is 3.64. The Labute approximate surface area is 116 Å². The van der Waals surface area contributed by atoms with Crippen molar-refractivity contribution in [2.45, 2.75) is 26.0 Å². The number of ether oxygens (including phenoxy) is 1. The summed E-state index contributed by atoms with van der Waals surface area (Å²) in [6.45, 7) is 4.36. The molecule has 1 atom stereocenters. The fraction of sp³-hybridized carbons (Fsp3) is 0.429. The highest BCUT2D eigenvalue weighted by Gasteiger charge is 2.25. The largest absolute Gasteiger partial charge is 0.473 e. The second-order valence-electron chi connectivity index (χ2n) is 4.92. The van der Waals surface area contributed by atoms with E-state index in [0.29, 0.717) is 5.88 Å². The average molecular weight is 277 g/mol. The van der Waals surface area contributed by atoms with Crippen molar-refractivity contribution >= 4 is 0 Å². The molecule has 3 heterocycles. The Morgan fingerprint density at radius 2 is 2.40 bits per heavy atom. The molecule has 1 unspecified atom stereocenters. The van der Waals surface area contributed by atoms with Gasteiger partial charge in [-0.05, 0) is 19.4 Å². The summed E-state index contributed by atoms with van der Waals surface area (Å²) in [5, 5.41) is 0. The molecule has 0 aliphatic carbocycles. The molecule has 1 aliphatic rings. The highest BCUT2D eigenvalue weighted by Crippen LogP contribution is 2.19. The molecule has 1 saturated heterocycles. The third-order valence-electron chi connectivity index (χ3n) is 3.42. The van der Waals surface area contributed by atoms with Gasteiger partial charge in [0, 0.05) is 25.7 Å². The van der Waals surface area contributed by atoms with Gasteiger partial charge in [-0.1, -0.05) is 6.07 Å². The van der Waals surface area contributed by atoms with Crippen molar-refractivity contribution in [2.75, 3.05) is 13.1 Å². The van der Waals surface area contributed by atoms with Gasteiger partial charge in [-0.15, -0.1) is 0 Å². The summed E-state index contributed by atoms with van der Waals surface area (Å²) in [6, 6.07) is 4.58. The molecule has 0 saturated carbocycles. The van der Waals surface area contributed by atoms with Crippen molar-refractivity contribution in [1.82, 2.24) is 14.9 Å². The fourth-order valence-electron chi connectivity index (χ4n) is 2.35. The second kappa shape index (κ2) is 5.58. The van der Waals surface area contributed by atoms with E-state index in [0.717, 1.165) is 37.5 Å². The summed E-state index contributed by atoms with van der Waals surface area (Å²) in [5.41, 5.74) is 0.953. The van der Waals surface area contributed by atoms with Gasteiger partial charge in [-0.2, -0.15) is 9.37 Å². The van der Waals surface area contributed by atoms with Gasteiger partial charge < -0.3 is 9.15 Å². The van der Waals surface area contributed by atoms with Crippen LogP contribution in [0.1, 0.15) is 17.9 Å². The molecule has 2 aromatic rings. The third kappa shape index (κ3) is 2.96. The van der Waals surface area contributed by atoms with E-state index in [4.69, 9.17) is 9.15 Å². The number of halogens is 1. The van der Waals surface area contributed by atoms with E-state index in [2.05, 4.69) is 14.9 Å². The zero-order valence-corrected chi connectivity index (χ0v) is 11.3. The molecule has 106 valence electrons. The van der Waals surface area contributed by atoms with E-state index in [-0.39, 0.29) is 6.10 Å². The van der Waals surface area contributed by atoms with Crippen LogP contribution in [0, 0.1) is 12.9 Å². The quantitative estimate of drug-likeness (QED) is 0.802. The summed E-state index contributed by atoms with van der Waals surface area (Å²) in [7, 11) is 0. The van der Waals surface area contributed by atoms with Crippen LogP contribution in [0.5, 0.6) is 5.88 Å². The zero-order valence-electron chi connectivity index (χ0n) is 11.3. The summed E-state index contributed by atoms with van der Waals surface area (Å²) in [4.78, 5) is 10.2. The normalized spacial score (nSPS) is 19.4. The van der Waals surface area contributed by atoms with Crippen LogP contribution >= 0.6 is 0 Å². The molecule has 0 N–H and O–H groups in total. The third-order valence-corrected chi connectivity index (χ3v) is 3.42. The number of aromatic nitrogens is 2. The molecule has 5 nitrogen and oxygen atoms in total. The van der Waals surface area contributed by atoms with Gasteiger partial charge in [0.25, 0.3) is 0 Å². The van der Waals surface area contributed by atoms with E-state index in [1.807, 2.05) is 6.92 Å². The SMILES string of the molecule is Cc1ocnc1CN1CCC(Oc2cccc(F)n2)C1. The van der Waals surface area contributed by atoms with E-state index in [9.17, 15) is 4.39 Å². The van der Waals surface area contributed by atoms with Gasteiger partial charge >= 0.3 is 0 Å². The Morgan fingerprint density at radius 1 is 1.50 bits per heavy atom. The highest BCUT2D eigenvalue weighted by molar-refractivity contribution is 5.11. The van der Waals surface area contributed by atoms with Crippen LogP contribution in [0.2, 0.25) is 0 Å². The first kappa shape index (κ1) is 13.1. The number of nitrogens with zero attached hydrogens (tertiary/aromatic N) is 3. The van der Waals surface area contributed by atoms with Crippen molar-refractivity contribution in [1.29, 1.82) is 0 Å². The Balaban J connectivity index is 1.56. The first-order valence-electron chi connectivity index (χ1n) is 6.61. The molecular formula is C14H16FN3O2. The number of oxazole rings is 1. The second-order valence-corrected chi connectivity index (χ2v) is 4.92. The van der Waals surface area contributed by atoms with E-state index in [1.54, 1.807) is 12.1 Å². The summed E-state index contributed by atoms with van der Waals surface area (Å²) < 4.78 is 23.9. The minimum absolute atomic E-state index is 0.0384. The summed E-state index contributed by atoms with van der Waals surface area (Å²) in [5.74, 6) is 0.672. The van der Waals surface area contributed by atoms with Gasteiger partial charge in [0.1, 0.15) is 11.9 Å². The topological polar surface area (TPSA) is 51.4 Å². The maximum atomic E-state index is 13.0. The number of pyridine rings is 1. The standard InChI is InChI=1S/C14H16FN3O2/c1-10-12(16-9-19-10)8-18-6-5-11(7-18)20-14-4-2-3-13(15)17-14/h2-4,9,11H,5-8H2,1H3. The first-order valence-corrected chi connectivity index (χ1v) is 6.61. The molecule has 1 fully saturated rings. The Hall–Kier alpha value is -1.95. The van der Waals surface area contributed by atoms with E-state index in [1.165, 1.54) is 12.5 Å². The van der Waals surface area contributed by atoms with E-state index >= 15 is 0 Å². The molecule has 0 spiro atoms. The lowest BCUT2D eigenvalue weighted by Gasteiger charge is -2.15. The zero-order chi connectivity index (χ0) is 13.9. The van der Waals surface area contributed by atoms with Crippen molar-refractivity contribution < 1.29 is 13.5 Å². The average Bonchev–Trinajstić information content (AvgIpc) is 3.01. The first-order chi connectivity index (χ1) is 9.70. The van der Waals surface area contributed by atoms with Crippen LogP contribution in [0.4, 0.5) is 4.39 Å². The smallest absolute Gasteiger partial charge is 0.216 e. The molecular weight excluding hydrogens is 261 g/mol. The monoisotopic (exact) mass is 277 g/mol. The molecule has 0 radical (unpaired) electrons. The van der Waals surface area contributed by atoms with Crippen LogP contribution in [-0.2, 0) is 6.54 Å². The fourth-order valence-corrected chi connectivity index (χ4v) is 2.35. The van der Waals surface area contributed by atoms with Crippen LogP contribution in [0.15, 0.2) is 29.0 Å². The summed E-state index contributed by atoms with van der Waals surface area (Å²) >= 11 is 0. The maximum Gasteiger partial charge on any atom is 0.216 e. The molecule has 2 aromatic heterocycles. The molecule has 0 aromatic carbocycles. The van der Waals surface area contributed by atoms with Crippen LogP contribution in [-0.4, -0.2) is 34.1 Å². The Bertz CT molecular complexity index is 587. The van der Waals surface area contributed by atoms with Crippen LogP contribution < -0.4 is 4.74 Å². The number of rotatable bonds is 4. The minimum atomic E-state index is -0.518. The van der Waals surface area contributed by atoms with Gasteiger partial charge in [0.05, 0.1) is 5.69 Å². The molecule has 0 bridgehead atoms. The van der Waals surface area contributed by atoms with E-state index < -0.39 is 5.95 Å². The Morgan fingerprint density at radius 3 is 3.15 bits per heavy atom. The van der Waals surface area contributed by atoms with Crippen molar-refractivity contribution in [3.63, 3.8) is 0 Å². The van der Waals surface area contributed by atoms with Gasteiger partial charge in [0.2, 0.25) is 11.8 Å². The molecule has 6 heteroatoms. The van der Waals surface area contributed by atoms with Gasteiger partial charge in [-0.25, -0.2) is 4.98 Å². The number of likely N-dealkylation sites (tertiary alicyclic amines) is 1. The van der Waals surface area contributed by atoms with Gasteiger partial charge in [-0.3, -0.25) is 4.90 Å².